The van der Waals surface area contributed by atoms with Crippen LogP contribution in [0.3, 0.4) is 0 Å². The lowest BCUT2D eigenvalue weighted by molar-refractivity contribution is -0.129. The molecule has 5 heteroatoms. The summed E-state index contributed by atoms with van der Waals surface area (Å²) in [6.45, 7) is 11.0. The zero-order valence-electron chi connectivity index (χ0n) is 23.1. The molecule has 2 unspecified atom stereocenters. The minimum absolute atomic E-state index is 0.0566. The zero-order chi connectivity index (χ0) is 26.7. The van der Waals surface area contributed by atoms with Gasteiger partial charge in [-0.15, -0.1) is 0 Å². The molecule has 5 nitrogen and oxygen atoms in total. The average molecular weight is 510 g/mol. The number of rotatable bonds is 9. The first kappa shape index (κ1) is 26.0. The number of unbranched alkanes of at least 4 members (excludes halogenated alkanes) is 1. The van der Waals surface area contributed by atoms with Crippen LogP contribution in [0.5, 0.6) is 5.75 Å². The first-order valence-corrected chi connectivity index (χ1v) is 13.8. The van der Waals surface area contributed by atoms with Gasteiger partial charge < -0.3 is 14.2 Å². The largest absolute Gasteiger partial charge is 0.494 e. The Morgan fingerprint density at radius 2 is 1.66 bits per heavy atom. The van der Waals surface area contributed by atoms with Crippen LogP contribution in [0.25, 0.3) is 11.0 Å². The fourth-order valence-electron chi connectivity index (χ4n) is 5.44. The summed E-state index contributed by atoms with van der Waals surface area (Å²) in [4.78, 5) is 20.1. The number of likely N-dealkylation sites (tertiary alicyclic amines) is 1. The molecule has 1 aliphatic rings. The van der Waals surface area contributed by atoms with E-state index in [0.717, 1.165) is 42.0 Å². The molecule has 2 atom stereocenters. The zero-order valence-corrected chi connectivity index (χ0v) is 23.1. The number of fused-ring (bicyclic) bond motifs is 1. The molecular weight excluding hydrogens is 470 g/mol. The van der Waals surface area contributed by atoms with Crippen LogP contribution in [-0.2, 0) is 16.8 Å². The summed E-state index contributed by atoms with van der Waals surface area (Å²) in [6, 6.07) is 27.1. The van der Waals surface area contributed by atoms with Crippen molar-refractivity contribution in [3.8, 4) is 5.75 Å². The fraction of sp³-hybridized carbons (Fsp3) is 0.394. The number of carbonyl (C=O) groups is 1. The number of para-hydroxylation sites is 2. The maximum absolute atomic E-state index is 13.1. The second-order valence-corrected chi connectivity index (χ2v) is 11.5. The Morgan fingerprint density at radius 3 is 2.39 bits per heavy atom. The van der Waals surface area contributed by atoms with Gasteiger partial charge in [-0.25, -0.2) is 4.98 Å². The molecule has 1 aromatic heterocycles. The van der Waals surface area contributed by atoms with Gasteiger partial charge >= 0.3 is 0 Å². The minimum Gasteiger partial charge on any atom is -0.494 e. The van der Waals surface area contributed by atoms with Crippen molar-refractivity contribution in [1.29, 1.82) is 0 Å². The van der Waals surface area contributed by atoms with E-state index >= 15 is 0 Å². The molecule has 198 valence electrons. The van der Waals surface area contributed by atoms with E-state index in [9.17, 15) is 4.79 Å². The van der Waals surface area contributed by atoms with Crippen molar-refractivity contribution in [3.63, 3.8) is 0 Å². The molecule has 0 radical (unpaired) electrons. The number of benzene rings is 3. The molecule has 1 fully saturated rings. The quantitative estimate of drug-likeness (QED) is 0.223. The number of imidazole rings is 1. The Labute approximate surface area is 226 Å². The molecule has 1 aliphatic heterocycles. The molecule has 0 spiro atoms. The molecule has 2 heterocycles. The first-order valence-electron chi connectivity index (χ1n) is 13.8. The van der Waals surface area contributed by atoms with Gasteiger partial charge in [0.1, 0.15) is 11.6 Å². The lowest BCUT2D eigenvalue weighted by Gasteiger charge is -2.25. The fourth-order valence-corrected chi connectivity index (χ4v) is 5.44. The number of aryl methyl sites for hydroxylation is 1. The van der Waals surface area contributed by atoms with Gasteiger partial charge in [0.2, 0.25) is 5.91 Å². The number of nitrogens with zero attached hydrogens (tertiary/aromatic N) is 3. The Bertz CT molecular complexity index is 1370. The molecule has 5 rings (SSSR count). The van der Waals surface area contributed by atoms with Crippen LogP contribution < -0.4 is 4.74 Å². The summed E-state index contributed by atoms with van der Waals surface area (Å²) in [5.41, 5.74) is 4.77. The van der Waals surface area contributed by atoms with E-state index in [0.29, 0.717) is 19.6 Å². The molecule has 1 amide bonds. The second kappa shape index (κ2) is 11.0. The van der Waals surface area contributed by atoms with Gasteiger partial charge in [0.05, 0.1) is 23.7 Å². The third kappa shape index (κ3) is 5.62. The summed E-state index contributed by atoms with van der Waals surface area (Å²) >= 11 is 0. The lowest BCUT2D eigenvalue weighted by Crippen LogP contribution is -2.28. The molecule has 0 saturated carbocycles. The van der Waals surface area contributed by atoms with Crippen LogP contribution in [0.15, 0.2) is 78.9 Å². The Kier molecular flexibility index (Phi) is 7.55. The predicted octanol–water partition coefficient (Wildman–Crippen LogP) is 7.27. The molecular formula is C33H39N3O2. The van der Waals surface area contributed by atoms with E-state index < -0.39 is 0 Å². The average Bonchev–Trinajstić information content (AvgIpc) is 3.48. The van der Waals surface area contributed by atoms with Gasteiger partial charge in [-0.1, -0.05) is 75.4 Å². The van der Waals surface area contributed by atoms with Crippen molar-refractivity contribution >= 4 is 16.9 Å². The van der Waals surface area contributed by atoms with Crippen LogP contribution in [0, 0.1) is 0 Å². The highest BCUT2D eigenvalue weighted by atomic mass is 16.5. The Hall–Kier alpha value is -3.60. The summed E-state index contributed by atoms with van der Waals surface area (Å²) in [5.74, 6) is 2.25. The highest BCUT2D eigenvalue weighted by molar-refractivity contribution is 5.81. The van der Waals surface area contributed by atoms with Crippen molar-refractivity contribution in [2.45, 2.75) is 70.9 Å². The molecule has 4 aromatic rings. The standard InChI is InChI=1S/C33H39N3O2/c1-24(25-12-6-5-7-13-25)36-23-26(22-31(36)37)32-34-29-14-8-9-15-30(29)35(32)20-10-11-21-38-28-18-16-27(17-19-28)33(2,3)4/h5-9,12-19,24,26H,10-11,20-23H2,1-4H3. The van der Waals surface area contributed by atoms with Gasteiger partial charge in [0.25, 0.3) is 0 Å². The number of aromatic nitrogens is 2. The summed E-state index contributed by atoms with van der Waals surface area (Å²) < 4.78 is 8.37. The summed E-state index contributed by atoms with van der Waals surface area (Å²) in [7, 11) is 0. The molecule has 0 aliphatic carbocycles. The van der Waals surface area contributed by atoms with Gasteiger partial charge in [0, 0.05) is 25.4 Å². The highest BCUT2D eigenvalue weighted by Crippen LogP contribution is 2.35. The Balaban J connectivity index is 1.24. The smallest absolute Gasteiger partial charge is 0.223 e. The third-order valence-electron chi connectivity index (χ3n) is 7.72. The molecule has 38 heavy (non-hydrogen) atoms. The maximum atomic E-state index is 13.1. The topological polar surface area (TPSA) is 47.4 Å². The van der Waals surface area contributed by atoms with E-state index in [1.54, 1.807) is 0 Å². The molecule has 3 aromatic carbocycles. The maximum Gasteiger partial charge on any atom is 0.223 e. The van der Waals surface area contributed by atoms with Crippen LogP contribution in [-0.4, -0.2) is 33.5 Å². The molecule has 1 saturated heterocycles. The van der Waals surface area contributed by atoms with Gasteiger partial charge in [-0.3, -0.25) is 4.79 Å². The van der Waals surface area contributed by atoms with Crippen molar-refractivity contribution in [3.05, 3.63) is 95.8 Å². The van der Waals surface area contributed by atoms with E-state index in [2.05, 4.69) is 86.9 Å². The van der Waals surface area contributed by atoms with Crippen molar-refractivity contribution in [2.75, 3.05) is 13.2 Å². The van der Waals surface area contributed by atoms with Crippen LogP contribution in [0.2, 0.25) is 0 Å². The van der Waals surface area contributed by atoms with Crippen molar-refractivity contribution in [1.82, 2.24) is 14.5 Å². The number of amides is 1. The SMILES string of the molecule is CC(c1ccccc1)N1CC(c2nc3ccccc3n2CCCCOc2ccc(C(C)(C)C)cc2)CC1=O. The third-order valence-corrected chi connectivity index (χ3v) is 7.72. The van der Waals surface area contributed by atoms with Crippen molar-refractivity contribution < 1.29 is 9.53 Å². The molecule has 0 N–H and O–H groups in total. The lowest BCUT2D eigenvalue weighted by atomic mass is 9.87. The number of hydrogen-bond donors (Lipinski definition) is 0. The summed E-state index contributed by atoms with van der Waals surface area (Å²) in [5, 5.41) is 0. The van der Waals surface area contributed by atoms with Gasteiger partial charge in [-0.2, -0.15) is 0 Å². The van der Waals surface area contributed by atoms with Crippen LogP contribution in [0.1, 0.15) is 75.9 Å². The predicted molar refractivity (Wildman–Crippen MR) is 154 cm³/mol. The van der Waals surface area contributed by atoms with Crippen LogP contribution >= 0.6 is 0 Å². The van der Waals surface area contributed by atoms with E-state index in [-0.39, 0.29) is 23.3 Å². The minimum atomic E-state index is 0.0566. The van der Waals surface area contributed by atoms with Gasteiger partial charge in [-0.05, 0) is 60.6 Å². The number of carbonyl (C=O) groups excluding carboxylic acids is 1. The molecule has 0 bridgehead atoms. The van der Waals surface area contributed by atoms with E-state index in [1.165, 1.54) is 11.1 Å². The highest BCUT2D eigenvalue weighted by Gasteiger charge is 2.36. The monoisotopic (exact) mass is 509 g/mol. The van der Waals surface area contributed by atoms with E-state index in [4.69, 9.17) is 9.72 Å². The van der Waals surface area contributed by atoms with Crippen molar-refractivity contribution in [2.24, 2.45) is 0 Å². The normalized spacial score (nSPS) is 16.8. The van der Waals surface area contributed by atoms with E-state index in [1.807, 2.05) is 29.2 Å². The number of ether oxygens (including phenoxy) is 1. The number of hydrogen-bond acceptors (Lipinski definition) is 3. The summed E-state index contributed by atoms with van der Waals surface area (Å²) in [6.07, 6.45) is 2.44. The first-order chi connectivity index (χ1) is 18.3. The van der Waals surface area contributed by atoms with Gasteiger partial charge in [0.15, 0.2) is 0 Å². The van der Waals surface area contributed by atoms with Crippen LogP contribution in [0.4, 0.5) is 0 Å². The Morgan fingerprint density at radius 1 is 0.947 bits per heavy atom. The second-order valence-electron chi connectivity index (χ2n) is 11.5.